The summed E-state index contributed by atoms with van der Waals surface area (Å²) in [4.78, 5) is 26.7. The van der Waals surface area contributed by atoms with Crippen LogP contribution in [0.15, 0.2) is 12.2 Å². The summed E-state index contributed by atoms with van der Waals surface area (Å²) < 4.78 is 11.9. The van der Waals surface area contributed by atoms with Crippen LogP contribution in [0.25, 0.3) is 0 Å². The van der Waals surface area contributed by atoms with Crippen LogP contribution in [0.5, 0.6) is 0 Å². The largest absolute Gasteiger partial charge is 0.454 e. The van der Waals surface area contributed by atoms with Crippen LogP contribution in [0.1, 0.15) is 112 Å². The fourth-order valence-corrected chi connectivity index (χ4v) is 12.9. The molecule has 6 aliphatic rings. The highest BCUT2D eigenvalue weighted by atomic mass is 127. The number of carbonyl (C=O) groups excluding carboxylic acids is 2. The molecule has 41 heavy (non-hydrogen) atoms. The van der Waals surface area contributed by atoms with Gasteiger partial charge in [0, 0.05) is 23.9 Å². The van der Waals surface area contributed by atoms with E-state index in [-0.39, 0.29) is 43.2 Å². The Labute approximate surface area is 262 Å². The molecular formula is C35H54INO4. The minimum absolute atomic E-state index is 0.00846. The molecule has 5 aliphatic carbocycles. The molecule has 0 bridgehead atoms. The molecule has 10 atom stereocenters. The molecule has 230 valence electrons. The molecule has 0 aromatic carbocycles. The van der Waals surface area contributed by atoms with Crippen molar-refractivity contribution in [2.75, 3.05) is 19.7 Å². The zero-order valence-electron chi connectivity index (χ0n) is 26.5. The quantitative estimate of drug-likeness (QED) is 0.169. The molecule has 1 saturated heterocycles. The number of halogens is 1. The Morgan fingerprint density at radius 3 is 2.24 bits per heavy atom. The first kappa shape index (κ1) is 30.2. The summed E-state index contributed by atoms with van der Waals surface area (Å²) in [5.41, 5.74) is 2.25. The minimum Gasteiger partial charge on any atom is -0.454 e. The van der Waals surface area contributed by atoms with Crippen molar-refractivity contribution in [1.29, 1.82) is 0 Å². The molecule has 0 radical (unpaired) electrons. The van der Waals surface area contributed by atoms with Crippen LogP contribution in [0.4, 0.5) is 9.59 Å². The van der Waals surface area contributed by atoms with Crippen molar-refractivity contribution >= 4 is 32.7 Å². The highest BCUT2D eigenvalue weighted by Crippen LogP contribution is 2.77. The molecule has 6 fully saturated rings. The maximum Gasteiger partial charge on any atom is 0.409 e. The lowest BCUT2D eigenvalue weighted by Crippen LogP contribution is -2.67. The zero-order chi connectivity index (χ0) is 29.6. The number of hydrogen-bond acceptors (Lipinski definition) is 4. The van der Waals surface area contributed by atoms with Gasteiger partial charge in [-0.05, 0) is 123 Å². The highest BCUT2D eigenvalue weighted by molar-refractivity contribution is 14.1. The Morgan fingerprint density at radius 2 is 1.61 bits per heavy atom. The zero-order valence-corrected chi connectivity index (χ0v) is 28.7. The topological polar surface area (TPSA) is 55.8 Å². The van der Waals surface area contributed by atoms with Gasteiger partial charge in [0.05, 0.1) is 29.2 Å². The van der Waals surface area contributed by atoms with Gasteiger partial charge in [-0.15, -0.1) is 0 Å². The van der Waals surface area contributed by atoms with Crippen LogP contribution >= 0.6 is 22.6 Å². The first-order valence-electron chi connectivity index (χ1n) is 16.6. The standard InChI is InChI=1S/C35H54INO4/c1-22(2)23-11-16-35(21-40-30(39)37-19-8-20-37)18-17-33(6)24(28(23)35)9-10-26-32(5)14-13-27(41-29(36)38)31(3,4)25(32)12-15-34(26,33)7/h23-28H,1,8-21H2,2-7H3/t23?,24?,25?,26?,27?,28?,32-,33+,34+,35?/m0/s1. The van der Waals surface area contributed by atoms with Gasteiger partial charge in [-0.1, -0.05) is 46.8 Å². The van der Waals surface area contributed by atoms with Crippen molar-refractivity contribution in [3.63, 3.8) is 0 Å². The van der Waals surface area contributed by atoms with E-state index in [1.165, 1.54) is 56.9 Å². The number of nitrogens with zero attached hydrogens (tertiary/aromatic N) is 1. The Hall–Kier alpha value is -0.790. The second-order valence-corrected chi connectivity index (χ2v) is 17.5. The normalized spacial score (nSPS) is 48.0. The van der Waals surface area contributed by atoms with E-state index in [1.54, 1.807) is 22.6 Å². The molecule has 6 heteroatoms. The number of ether oxygens (including phenoxy) is 2. The van der Waals surface area contributed by atoms with Gasteiger partial charge < -0.3 is 14.4 Å². The molecule has 1 aliphatic heterocycles. The third-order valence-electron chi connectivity index (χ3n) is 15.0. The number of allylic oxidation sites excluding steroid dienone is 1. The third kappa shape index (κ3) is 4.31. The third-order valence-corrected chi connectivity index (χ3v) is 15.3. The Balaban J connectivity index is 1.30. The van der Waals surface area contributed by atoms with Gasteiger partial charge >= 0.3 is 10.1 Å². The van der Waals surface area contributed by atoms with Crippen molar-refractivity contribution in [2.45, 2.75) is 118 Å². The fourth-order valence-electron chi connectivity index (χ4n) is 12.6. The number of rotatable bonds is 4. The maximum absolute atomic E-state index is 12.8. The van der Waals surface area contributed by atoms with E-state index in [4.69, 9.17) is 9.47 Å². The van der Waals surface area contributed by atoms with Crippen molar-refractivity contribution in [3.8, 4) is 0 Å². The minimum atomic E-state index is -0.164. The van der Waals surface area contributed by atoms with Crippen LogP contribution in [0.2, 0.25) is 0 Å². The summed E-state index contributed by atoms with van der Waals surface area (Å²) in [5.74, 6) is 3.00. The molecule has 0 aromatic rings. The summed E-state index contributed by atoms with van der Waals surface area (Å²) >= 11 is 1.81. The number of fused-ring (bicyclic) bond motifs is 7. The molecule has 1 amide bonds. The molecule has 0 spiro atoms. The summed E-state index contributed by atoms with van der Waals surface area (Å²) in [7, 11) is 0. The number of likely N-dealkylation sites (tertiary alicyclic amines) is 1. The number of carbonyl (C=O) groups is 2. The van der Waals surface area contributed by atoms with Crippen LogP contribution < -0.4 is 0 Å². The van der Waals surface area contributed by atoms with E-state index in [0.717, 1.165) is 32.4 Å². The smallest absolute Gasteiger partial charge is 0.409 e. The Bertz CT molecular complexity index is 1100. The van der Waals surface area contributed by atoms with Crippen molar-refractivity contribution in [1.82, 2.24) is 4.90 Å². The van der Waals surface area contributed by atoms with E-state index < -0.39 is 0 Å². The van der Waals surface area contributed by atoms with E-state index in [2.05, 4.69) is 48.1 Å². The summed E-state index contributed by atoms with van der Waals surface area (Å²) in [6.07, 6.45) is 13.0. The lowest BCUT2D eigenvalue weighted by atomic mass is 9.32. The second kappa shape index (κ2) is 10.1. The molecule has 6 rings (SSSR count). The van der Waals surface area contributed by atoms with Gasteiger partial charge in [-0.3, -0.25) is 0 Å². The van der Waals surface area contributed by atoms with Crippen LogP contribution in [0, 0.1) is 56.7 Å². The van der Waals surface area contributed by atoms with Crippen LogP contribution in [-0.4, -0.2) is 40.8 Å². The SMILES string of the molecule is C=C(C)C1CCC2(COC(=O)N3CCC3)CC[C@]3(C)C(CCC4[C@@]5(C)CCC(OC(=O)I)C(C)(C)C5CC[C@]43C)C12. The lowest BCUT2D eigenvalue weighted by Gasteiger charge is -2.73. The lowest BCUT2D eigenvalue weighted by molar-refractivity contribution is -0.248. The first-order valence-corrected chi connectivity index (χ1v) is 17.7. The molecule has 0 N–H and O–H groups in total. The van der Waals surface area contributed by atoms with Gasteiger partial charge in [0.2, 0.25) is 0 Å². The summed E-state index contributed by atoms with van der Waals surface area (Å²) in [6.45, 7) is 21.8. The first-order chi connectivity index (χ1) is 19.2. The molecular weight excluding hydrogens is 625 g/mol. The Morgan fingerprint density at radius 1 is 0.878 bits per heavy atom. The number of amides is 1. The van der Waals surface area contributed by atoms with Crippen molar-refractivity contribution in [3.05, 3.63) is 12.2 Å². The van der Waals surface area contributed by atoms with Gasteiger partial charge in [-0.2, -0.15) is 0 Å². The second-order valence-electron chi connectivity index (χ2n) is 16.6. The van der Waals surface area contributed by atoms with Crippen LogP contribution in [-0.2, 0) is 9.47 Å². The van der Waals surface area contributed by atoms with Gasteiger partial charge in [-0.25, -0.2) is 9.59 Å². The van der Waals surface area contributed by atoms with Crippen molar-refractivity contribution < 1.29 is 19.1 Å². The average Bonchev–Trinajstić information content (AvgIpc) is 3.24. The molecule has 5 saturated carbocycles. The maximum atomic E-state index is 12.8. The van der Waals surface area contributed by atoms with Gasteiger partial charge in [0.15, 0.2) is 0 Å². The van der Waals surface area contributed by atoms with Gasteiger partial charge in [0.1, 0.15) is 6.10 Å². The summed E-state index contributed by atoms with van der Waals surface area (Å²) in [6, 6.07) is 0. The average molecular weight is 680 g/mol. The Kier molecular flexibility index (Phi) is 7.47. The van der Waals surface area contributed by atoms with Crippen LogP contribution in [0.3, 0.4) is 0 Å². The van der Waals surface area contributed by atoms with E-state index in [0.29, 0.717) is 36.2 Å². The highest BCUT2D eigenvalue weighted by Gasteiger charge is 2.71. The van der Waals surface area contributed by atoms with E-state index in [9.17, 15) is 9.59 Å². The van der Waals surface area contributed by atoms with E-state index in [1.807, 2.05) is 4.90 Å². The van der Waals surface area contributed by atoms with Gasteiger partial charge in [0.25, 0.3) is 0 Å². The predicted octanol–water partition coefficient (Wildman–Crippen LogP) is 9.43. The fraction of sp³-hybridized carbons (Fsp3) is 0.886. The monoisotopic (exact) mass is 679 g/mol. The molecule has 7 unspecified atom stereocenters. The number of hydrogen-bond donors (Lipinski definition) is 0. The van der Waals surface area contributed by atoms with E-state index >= 15 is 0 Å². The predicted molar refractivity (Wildman–Crippen MR) is 171 cm³/mol. The van der Waals surface area contributed by atoms with Crippen molar-refractivity contribution in [2.24, 2.45) is 56.7 Å². The molecule has 5 nitrogen and oxygen atoms in total. The molecule has 1 heterocycles. The molecule has 0 aromatic heterocycles. The summed E-state index contributed by atoms with van der Waals surface area (Å²) in [5, 5.41) is 0.